The molecule has 0 spiro atoms. The minimum absolute atomic E-state index is 0. The van der Waals surface area contributed by atoms with E-state index in [-0.39, 0.29) is 43.5 Å². The molecule has 0 aliphatic heterocycles. The van der Waals surface area contributed by atoms with Crippen molar-refractivity contribution in [3.63, 3.8) is 0 Å². The van der Waals surface area contributed by atoms with Crippen molar-refractivity contribution in [3.05, 3.63) is 193 Å². The fourth-order valence-electron chi connectivity index (χ4n) is 7.18. The summed E-state index contributed by atoms with van der Waals surface area (Å²) in [6.07, 6.45) is 1.81. The first kappa shape index (κ1) is 29.9. The van der Waals surface area contributed by atoms with Gasteiger partial charge < -0.3 is 5.11 Å². The van der Waals surface area contributed by atoms with E-state index >= 15 is 0 Å². The molecule has 2 aromatic heterocycles. The minimum atomic E-state index is -2.78. The molecule has 0 fully saturated rings. The van der Waals surface area contributed by atoms with Gasteiger partial charge in [-0.05, 0) is 96.0 Å². The molecule has 5 heteroatoms. The van der Waals surface area contributed by atoms with E-state index in [4.69, 9.17) is 18.2 Å². The van der Waals surface area contributed by atoms with E-state index in [1.807, 2.05) is 54.7 Å². The molecule has 0 aliphatic carbocycles. The van der Waals surface area contributed by atoms with Crippen LogP contribution >= 0.6 is 0 Å². The van der Waals surface area contributed by atoms with Crippen LogP contribution < -0.4 is 0 Å². The van der Waals surface area contributed by atoms with E-state index in [0.717, 1.165) is 44.6 Å². The van der Waals surface area contributed by atoms with Crippen LogP contribution in [-0.2, 0) is 21.1 Å². The van der Waals surface area contributed by atoms with Gasteiger partial charge in [-0.2, -0.15) is 0 Å². The molecular weight excluding hydrogens is 866 g/mol. The Labute approximate surface area is 350 Å². The number of benzene rings is 7. The molecule has 9 aromatic rings. The SMILES string of the molecule is [2H]C([2H])([2H])c1cc(-n2c(-c3ccccc3O)nc3c(-c4[c-]c(-c5cc(-c6ccc(C)cc6)ccn5)cc(-c5ccccc5)c4)cccc32)cc(-c2ccccc2)c1C([2H])([2H])[2H].[Pt]. The van der Waals surface area contributed by atoms with Gasteiger partial charge in [0.05, 0.1) is 16.6 Å². The summed E-state index contributed by atoms with van der Waals surface area (Å²) in [4.78, 5) is 10.1. The first-order valence-electron chi connectivity index (χ1n) is 21.0. The number of rotatable bonds is 7. The van der Waals surface area contributed by atoms with Crippen LogP contribution in [0.3, 0.4) is 0 Å². The summed E-state index contributed by atoms with van der Waals surface area (Å²) in [5.41, 5.74) is 10.4. The molecule has 1 N–H and O–H groups in total. The number of nitrogens with zero attached hydrogens (tertiary/aromatic N) is 3. The molecule has 274 valence electrons. The Hall–Kier alpha value is -6.35. The van der Waals surface area contributed by atoms with Crippen molar-refractivity contribution in [2.45, 2.75) is 20.6 Å². The molecule has 0 unspecified atom stereocenters. The maximum atomic E-state index is 11.3. The van der Waals surface area contributed by atoms with Gasteiger partial charge in [-0.15, -0.1) is 23.8 Å². The number of hydrogen-bond donors (Lipinski definition) is 1. The number of aromatic hydroxyl groups is 1. The van der Waals surface area contributed by atoms with Crippen molar-refractivity contribution in [2.75, 3.05) is 0 Å². The number of phenolic OH excluding ortho intramolecular Hbond substituents is 1. The monoisotopic (exact) mass is 909 g/mol. The van der Waals surface area contributed by atoms with Gasteiger partial charge in [-0.25, -0.2) is 4.98 Å². The predicted molar refractivity (Wildman–Crippen MR) is 226 cm³/mol. The Kier molecular flexibility index (Phi) is 8.24. The third-order valence-electron chi connectivity index (χ3n) is 9.98. The van der Waals surface area contributed by atoms with Gasteiger partial charge in [0.15, 0.2) is 0 Å². The second kappa shape index (κ2) is 15.4. The molecule has 0 atom stereocenters. The van der Waals surface area contributed by atoms with Crippen LogP contribution in [0.2, 0.25) is 0 Å². The molecule has 9 rings (SSSR count). The van der Waals surface area contributed by atoms with Crippen LogP contribution in [-0.4, -0.2) is 19.6 Å². The zero-order chi connectivity index (χ0) is 42.5. The third kappa shape index (κ3) is 6.89. The van der Waals surface area contributed by atoms with Crippen molar-refractivity contribution < 1.29 is 34.4 Å². The van der Waals surface area contributed by atoms with Crippen LogP contribution in [0, 0.1) is 26.7 Å². The van der Waals surface area contributed by atoms with Crippen LogP contribution in [0.1, 0.15) is 24.9 Å². The van der Waals surface area contributed by atoms with Crippen LogP contribution in [0.25, 0.3) is 83.9 Å². The molecule has 0 saturated heterocycles. The Morgan fingerprint density at radius 3 is 2.04 bits per heavy atom. The van der Waals surface area contributed by atoms with Crippen molar-refractivity contribution in [1.82, 2.24) is 14.5 Å². The third-order valence-corrected chi connectivity index (χ3v) is 9.98. The minimum Gasteiger partial charge on any atom is -0.507 e. The first-order valence-corrected chi connectivity index (χ1v) is 18.0. The van der Waals surface area contributed by atoms with Crippen LogP contribution in [0.15, 0.2) is 170 Å². The summed E-state index contributed by atoms with van der Waals surface area (Å²) in [5, 5.41) is 11.3. The fraction of sp³-hybridized carbons (Fsp3) is 0.0588. The van der Waals surface area contributed by atoms with Gasteiger partial charge in [0.2, 0.25) is 0 Å². The largest absolute Gasteiger partial charge is 0.507 e. The number of fused-ring (bicyclic) bond motifs is 1. The van der Waals surface area contributed by atoms with E-state index in [9.17, 15) is 5.11 Å². The van der Waals surface area contributed by atoms with E-state index in [1.165, 1.54) is 11.6 Å². The molecule has 0 saturated carbocycles. The fourth-order valence-corrected chi connectivity index (χ4v) is 7.18. The van der Waals surface area contributed by atoms with Gasteiger partial charge in [0.25, 0.3) is 0 Å². The molecule has 4 nitrogen and oxygen atoms in total. The average molecular weight is 910 g/mol. The van der Waals surface area contributed by atoms with Crippen molar-refractivity contribution >= 4 is 11.0 Å². The molecule has 56 heavy (non-hydrogen) atoms. The van der Waals surface area contributed by atoms with Gasteiger partial charge in [-0.1, -0.05) is 138 Å². The molecule has 7 aromatic carbocycles. The Balaban J connectivity index is 0.00000529. The topological polar surface area (TPSA) is 50.9 Å². The zero-order valence-corrected chi connectivity index (χ0v) is 32.5. The normalized spacial score (nSPS) is 13.1. The quantitative estimate of drug-likeness (QED) is 0.162. The van der Waals surface area contributed by atoms with Crippen molar-refractivity contribution in [3.8, 4) is 78.6 Å². The molecule has 0 amide bonds. The van der Waals surface area contributed by atoms with Crippen LogP contribution in [0.5, 0.6) is 5.75 Å². The summed E-state index contributed by atoms with van der Waals surface area (Å²) in [6.45, 7) is -3.47. The van der Waals surface area contributed by atoms with Gasteiger partial charge in [0.1, 0.15) is 11.6 Å². The van der Waals surface area contributed by atoms with E-state index in [2.05, 4.69) is 67.6 Å². The van der Waals surface area contributed by atoms with E-state index < -0.39 is 13.7 Å². The summed E-state index contributed by atoms with van der Waals surface area (Å²) in [7, 11) is 0. The Morgan fingerprint density at radius 1 is 0.589 bits per heavy atom. The number of phenols is 1. The van der Waals surface area contributed by atoms with Crippen LogP contribution in [0.4, 0.5) is 0 Å². The molecule has 0 radical (unpaired) electrons. The van der Waals surface area contributed by atoms with Crippen molar-refractivity contribution in [1.29, 1.82) is 0 Å². The first-order chi connectivity index (χ1) is 29.3. The summed E-state index contributed by atoms with van der Waals surface area (Å²) >= 11 is 0. The number of aryl methyl sites for hydroxylation is 2. The summed E-state index contributed by atoms with van der Waals surface area (Å²) in [6, 6.07) is 55.0. The summed E-state index contributed by atoms with van der Waals surface area (Å²) in [5.74, 6) is 0.308. The number of imidazole rings is 1. The van der Waals surface area contributed by atoms with Gasteiger partial charge in [-0.3, -0.25) is 9.55 Å². The van der Waals surface area contributed by atoms with Gasteiger partial charge in [0, 0.05) is 46.9 Å². The molecule has 0 bridgehead atoms. The number of aromatic nitrogens is 3. The molecule has 2 heterocycles. The number of hydrogen-bond acceptors (Lipinski definition) is 3. The second-order valence-electron chi connectivity index (χ2n) is 13.6. The summed E-state index contributed by atoms with van der Waals surface area (Å²) < 4.78 is 53.2. The average Bonchev–Trinajstić information content (AvgIpc) is 3.66. The number of para-hydroxylation sites is 2. The maximum Gasteiger partial charge on any atom is 0.148 e. The van der Waals surface area contributed by atoms with E-state index in [0.29, 0.717) is 33.7 Å². The smallest absolute Gasteiger partial charge is 0.148 e. The second-order valence-corrected chi connectivity index (χ2v) is 13.6. The van der Waals surface area contributed by atoms with Crippen molar-refractivity contribution in [2.24, 2.45) is 0 Å². The standard InChI is InChI=1S/C51H38N3O.Pt/c1-33-21-23-37(24-22-33)39-25-26-52-47(31-39)42-29-40(36-13-6-4-7-14-36)28-41(30-42)44-18-12-19-48-50(44)53-51(45-17-10-11-20-49(45)55)54(48)43-27-34(2)35(3)46(32-43)38-15-8-5-9-16-38;/h4-29,31-32,55H,1-3H3;/q-1;/i2D3,3D3;. The Bertz CT molecular complexity index is 3070. The molecule has 0 aliphatic rings. The molecular formula is C51H38N3OPt-. The maximum absolute atomic E-state index is 11.3. The van der Waals surface area contributed by atoms with E-state index in [1.54, 1.807) is 59.2 Å². The predicted octanol–water partition coefficient (Wildman–Crippen LogP) is 12.9. The van der Waals surface area contributed by atoms with Gasteiger partial charge >= 0.3 is 0 Å². The number of pyridine rings is 1. The zero-order valence-electron chi connectivity index (χ0n) is 36.3. The Morgan fingerprint density at radius 2 is 1.29 bits per heavy atom.